The van der Waals surface area contributed by atoms with E-state index in [9.17, 15) is 13.2 Å². The van der Waals surface area contributed by atoms with Crippen molar-refractivity contribution >= 4 is 0 Å². The Morgan fingerprint density at radius 1 is 0.714 bits per heavy atom. The fourth-order valence-electron chi connectivity index (χ4n) is 6.20. The van der Waals surface area contributed by atoms with E-state index in [1.165, 1.54) is 75.6 Å². The molecule has 5 heteroatoms. The van der Waals surface area contributed by atoms with Crippen LogP contribution in [0.15, 0.2) is 30.3 Å². The average molecular weight is 489 g/mol. The van der Waals surface area contributed by atoms with E-state index >= 15 is 0 Å². The third-order valence-corrected chi connectivity index (χ3v) is 8.21. The zero-order valence-electron chi connectivity index (χ0n) is 21.1. The molecule has 2 saturated carbocycles. The van der Waals surface area contributed by atoms with Gasteiger partial charge in [-0.2, -0.15) is 4.39 Å². The third-order valence-electron chi connectivity index (χ3n) is 8.21. The van der Waals surface area contributed by atoms with E-state index in [2.05, 4.69) is 6.92 Å². The van der Waals surface area contributed by atoms with Crippen molar-refractivity contribution < 1.29 is 22.6 Å². The van der Waals surface area contributed by atoms with Crippen LogP contribution in [-0.2, 0) is 0 Å². The molecule has 2 aliphatic rings. The summed E-state index contributed by atoms with van der Waals surface area (Å²) in [6, 6.07) is 7.07. The van der Waals surface area contributed by atoms with Crippen LogP contribution in [0.1, 0.15) is 78.1 Å². The van der Waals surface area contributed by atoms with Gasteiger partial charge in [-0.05, 0) is 98.9 Å². The van der Waals surface area contributed by atoms with Gasteiger partial charge in [-0.1, -0.05) is 38.7 Å². The smallest absolute Gasteiger partial charge is 0.201 e. The van der Waals surface area contributed by atoms with Crippen LogP contribution in [0.5, 0.6) is 11.5 Å². The van der Waals surface area contributed by atoms with Crippen molar-refractivity contribution in [1.29, 1.82) is 0 Å². The Bertz CT molecular complexity index is 960. The molecule has 4 rings (SSSR count). The molecule has 2 aliphatic carbocycles. The van der Waals surface area contributed by atoms with Crippen LogP contribution in [0.25, 0.3) is 11.1 Å². The minimum absolute atomic E-state index is 0.00143. The zero-order valence-corrected chi connectivity index (χ0v) is 21.1. The molecule has 0 atom stereocenters. The molecule has 0 spiro atoms. The highest BCUT2D eigenvalue weighted by atomic mass is 19.2. The summed E-state index contributed by atoms with van der Waals surface area (Å²) in [5, 5.41) is 0. The molecule has 0 radical (unpaired) electrons. The lowest BCUT2D eigenvalue weighted by Gasteiger charge is -2.37. The second-order valence-corrected chi connectivity index (χ2v) is 10.5. The maximum atomic E-state index is 14.7. The molecule has 2 aromatic rings. The van der Waals surface area contributed by atoms with Gasteiger partial charge in [-0.15, -0.1) is 0 Å². The minimum atomic E-state index is -1.06. The molecule has 0 amide bonds. The van der Waals surface area contributed by atoms with Crippen molar-refractivity contribution in [3.63, 3.8) is 0 Å². The van der Waals surface area contributed by atoms with Gasteiger partial charge in [0.2, 0.25) is 5.82 Å². The highest BCUT2D eigenvalue weighted by Crippen LogP contribution is 2.42. The van der Waals surface area contributed by atoms with Gasteiger partial charge in [0.1, 0.15) is 0 Å². The van der Waals surface area contributed by atoms with Crippen LogP contribution in [0, 0.1) is 41.1 Å². The Hall–Kier alpha value is -2.17. The van der Waals surface area contributed by atoms with E-state index in [0.29, 0.717) is 12.5 Å². The first-order valence-electron chi connectivity index (χ1n) is 13.5. The van der Waals surface area contributed by atoms with E-state index in [0.717, 1.165) is 30.6 Å². The molecule has 0 aliphatic heterocycles. The zero-order chi connectivity index (χ0) is 24.8. The second kappa shape index (κ2) is 12.2. The molecule has 2 aromatic carbocycles. The molecule has 0 bridgehead atoms. The van der Waals surface area contributed by atoms with E-state index in [-0.39, 0.29) is 29.2 Å². The fourth-order valence-corrected chi connectivity index (χ4v) is 6.20. The van der Waals surface area contributed by atoms with E-state index < -0.39 is 17.5 Å². The van der Waals surface area contributed by atoms with Crippen molar-refractivity contribution in [2.24, 2.45) is 23.7 Å². The van der Waals surface area contributed by atoms with E-state index in [1.807, 2.05) is 0 Å². The van der Waals surface area contributed by atoms with Crippen molar-refractivity contribution in [2.75, 3.05) is 13.2 Å². The maximum absolute atomic E-state index is 14.7. The van der Waals surface area contributed by atoms with Crippen LogP contribution >= 0.6 is 0 Å². The molecule has 2 fully saturated rings. The predicted octanol–water partition coefficient (Wildman–Crippen LogP) is 8.96. The lowest BCUT2D eigenvalue weighted by Crippen LogP contribution is -2.27. The van der Waals surface area contributed by atoms with Crippen LogP contribution in [-0.4, -0.2) is 13.2 Å². The number of hydrogen-bond donors (Lipinski definition) is 0. The first-order valence-corrected chi connectivity index (χ1v) is 13.5. The summed E-state index contributed by atoms with van der Waals surface area (Å²) >= 11 is 0. The summed E-state index contributed by atoms with van der Waals surface area (Å²) in [6.45, 7) is 4.72. The van der Waals surface area contributed by atoms with Crippen molar-refractivity contribution in [2.45, 2.75) is 78.1 Å². The van der Waals surface area contributed by atoms with Crippen LogP contribution in [0.3, 0.4) is 0 Å². The highest BCUT2D eigenvalue weighted by Gasteiger charge is 2.31. The number of halogens is 3. The highest BCUT2D eigenvalue weighted by molar-refractivity contribution is 5.66. The van der Waals surface area contributed by atoms with Crippen LogP contribution in [0.2, 0.25) is 0 Å². The number of rotatable bonds is 9. The Morgan fingerprint density at radius 3 is 1.94 bits per heavy atom. The van der Waals surface area contributed by atoms with Gasteiger partial charge < -0.3 is 9.47 Å². The number of ether oxygens (including phenoxy) is 2. The summed E-state index contributed by atoms with van der Waals surface area (Å²) in [5.74, 6) is 0.483. The lowest BCUT2D eigenvalue weighted by atomic mass is 9.69. The first-order chi connectivity index (χ1) is 17.0. The number of hydrogen-bond acceptors (Lipinski definition) is 2. The Kier molecular flexibility index (Phi) is 9.02. The molecule has 192 valence electrons. The quantitative estimate of drug-likeness (QED) is 0.351. The first kappa shape index (κ1) is 25.9. The van der Waals surface area contributed by atoms with Crippen molar-refractivity contribution in [1.82, 2.24) is 0 Å². The SMILES string of the molecule is CCCC1CCC(C2CCC(COc3ccc(-c4ccc(OCC)c(F)c4F)cc3F)CC2)CC1. The van der Waals surface area contributed by atoms with Gasteiger partial charge in [-0.25, -0.2) is 8.78 Å². The van der Waals surface area contributed by atoms with Crippen LogP contribution < -0.4 is 9.47 Å². The van der Waals surface area contributed by atoms with Gasteiger partial charge >= 0.3 is 0 Å². The molecule has 0 heterocycles. The Morgan fingerprint density at radius 2 is 1.34 bits per heavy atom. The summed E-state index contributed by atoms with van der Waals surface area (Å²) < 4.78 is 54.4. The number of benzene rings is 2. The average Bonchev–Trinajstić information content (AvgIpc) is 2.87. The molecular weight excluding hydrogens is 449 g/mol. The maximum Gasteiger partial charge on any atom is 0.201 e. The van der Waals surface area contributed by atoms with Crippen molar-refractivity contribution in [3.05, 3.63) is 47.8 Å². The predicted molar refractivity (Wildman–Crippen MR) is 134 cm³/mol. The van der Waals surface area contributed by atoms with Gasteiger partial charge in [-0.3, -0.25) is 0 Å². The lowest BCUT2D eigenvalue weighted by molar-refractivity contribution is 0.120. The van der Waals surface area contributed by atoms with Gasteiger partial charge in [0, 0.05) is 5.56 Å². The summed E-state index contributed by atoms with van der Waals surface area (Å²) in [6.07, 6.45) is 13.1. The van der Waals surface area contributed by atoms with Crippen molar-refractivity contribution in [3.8, 4) is 22.6 Å². The van der Waals surface area contributed by atoms with E-state index in [1.54, 1.807) is 13.0 Å². The topological polar surface area (TPSA) is 18.5 Å². The Labute approximate surface area is 208 Å². The third kappa shape index (κ3) is 6.34. The van der Waals surface area contributed by atoms with Gasteiger partial charge in [0.25, 0.3) is 0 Å². The molecule has 0 unspecified atom stereocenters. The van der Waals surface area contributed by atoms with E-state index in [4.69, 9.17) is 9.47 Å². The fraction of sp³-hybridized carbons (Fsp3) is 0.600. The minimum Gasteiger partial charge on any atom is -0.491 e. The monoisotopic (exact) mass is 488 g/mol. The van der Waals surface area contributed by atoms with Crippen LogP contribution in [0.4, 0.5) is 13.2 Å². The molecule has 35 heavy (non-hydrogen) atoms. The molecule has 0 N–H and O–H groups in total. The summed E-state index contributed by atoms with van der Waals surface area (Å²) in [7, 11) is 0. The molecule has 0 aromatic heterocycles. The Balaban J connectivity index is 1.28. The molecule has 2 nitrogen and oxygen atoms in total. The summed E-state index contributed by atoms with van der Waals surface area (Å²) in [5.41, 5.74) is 0.266. The second-order valence-electron chi connectivity index (χ2n) is 10.5. The largest absolute Gasteiger partial charge is 0.491 e. The van der Waals surface area contributed by atoms with Gasteiger partial charge in [0.15, 0.2) is 23.1 Å². The standard InChI is InChI=1S/C30H39F3O2/c1-3-5-20-6-10-22(11-7-20)23-12-8-21(9-13-23)19-35-27-16-14-24(18-26(27)31)25-15-17-28(34-4-2)30(33)29(25)32/h14-18,20-23H,3-13,19H2,1-2H3. The normalized spacial score (nSPS) is 24.8. The molecular formula is C30H39F3O2. The molecule has 0 saturated heterocycles. The van der Waals surface area contributed by atoms with Gasteiger partial charge in [0.05, 0.1) is 13.2 Å². The summed E-state index contributed by atoms with van der Waals surface area (Å²) in [4.78, 5) is 0.